The first-order chi connectivity index (χ1) is 14.0. The summed E-state index contributed by atoms with van der Waals surface area (Å²) in [7, 11) is 1.43. The molecule has 29 heavy (non-hydrogen) atoms. The van der Waals surface area contributed by atoms with Crippen molar-refractivity contribution in [3.63, 3.8) is 0 Å². The number of rotatable bonds is 7. The lowest BCUT2D eigenvalue weighted by molar-refractivity contribution is 0.177. The minimum absolute atomic E-state index is 0.0740. The Bertz CT molecular complexity index is 898. The summed E-state index contributed by atoms with van der Waals surface area (Å²) in [5.41, 5.74) is 0.319. The summed E-state index contributed by atoms with van der Waals surface area (Å²) >= 11 is 0. The maximum Gasteiger partial charge on any atom is 0.261 e. The van der Waals surface area contributed by atoms with Gasteiger partial charge in [-0.2, -0.15) is 0 Å². The second-order valence-corrected chi connectivity index (χ2v) is 7.65. The number of ether oxygens (including phenoxy) is 1. The summed E-state index contributed by atoms with van der Waals surface area (Å²) in [6.07, 6.45) is 3.04. The van der Waals surface area contributed by atoms with Crippen molar-refractivity contribution in [1.29, 1.82) is 0 Å². The predicted molar refractivity (Wildman–Crippen MR) is 114 cm³/mol. The van der Waals surface area contributed by atoms with Gasteiger partial charge < -0.3 is 9.64 Å². The van der Waals surface area contributed by atoms with Crippen LogP contribution >= 0.6 is 0 Å². The number of fused-ring (bicyclic) bond motifs is 1. The van der Waals surface area contributed by atoms with Gasteiger partial charge in [-0.15, -0.1) is 0 Å². The smallest absolute Gasteiger partial charge is 0.261 e. The van der Waals surface area contributed by atoms with Crippen molar-refractivity contribution in [2.75, 3.05) is 39.8 Å². The lowest BCUT2D eigenvalue weighted by atomic mass is 10.1. The molecule has 1 saturated heterocycles. The van der Waals surface area contributed by atoms with Gasteiger partial charge in [0.1, 0.15) is 5.82 Å². The van der Waals surface area contributed by atoms with Crippen LogP contribution in [0.2, 0.25) is 0 Å². The zero-order valence-electron chi connectivity index (χ0n) is 18.1. The van der Waals surface area contributed by atoms with Crippen molar-refractivity contribution in [3.8, 4) is 5.75 Å². The normalized spacial score (nSPS) is 17.4. The van der Waals surface area contributed by atoms with E-state index >= 15 is 0 Å². The van der Waals surface area contributed by atoms with Crippen LogP contribution in [-0.2, 0) is 6.54 Å². The summed E-state index contributed by atoms with van der Waals surface area (Å²) in [5, 5.41) is 0.303. The summed E-state index contributed by atoms with van der Waals surface area (Å²) in [6, 6.07) is 2.86. The molecule has 0 aliphatic carbocycles. The molecule has 0 amide bonds. The summed E-state index contributed by atoms with van der Waals surface area (Å²) in [6.45, 7) is 12.0. The lowest BCUT2D eigenvalue weighted by Gasteiger charge is -2.31. The highest BCUT2D eigenvalue weighted by molar-refractivity contribution is 5.79. The van der Waals surface area contributed by atoms with Gasteiger partial charge in [0.25, 0.3) is 5.56 Å². The van der Waals surface area contributed by atoms with Gasteiger partial charge in [-0.3, -0.25) is 14.3 Å². The van der Waals surface area contributed by atoms with Crippen molar-refractivity contribution in [2.24, 2.45) is 0 Å². The number of aromatic nitrogens is 2. The quantitative estimate of drug-likeness (QED) is 0.708. The van der Waals surface area contributed by atoms with E-state index in [0.717, 1.165) is 57.8 Å². The average Bonchev–Trinajstić information content (AvgIpc) is 2.97. The van der Waals surface area contributed by atoms with E-state index in [9.17, 15) is 9.18 Å². The Kier molecular flexibility index (Phi) is 7.24. The number of hydrogen-bond donors (Lipinski definition) is 0. The van der Waals surface area contributed by atoms with Gasteiger partial charge in [-0.25, -0.2) is 9.37 Å². The predicted octanol–water partition coefficient (Wildman–Crippen LogP) is 3.43. The second kappa shape index (κ2) is 9.67. The van der Waals surface area contributed by atoms with Gasteiger partial charge >= 0.3 is 0 Å². The molecule has 0 N–H and O–H groups in total. The number of benzene rings is 1. The van der Waals surface area contributed by atoms with Crippen LogP contribution in [0.5, 0.6) is 5.75 Å². The van der Waals surface area contributed by atoms with Crippen molar-refractivity contribution < 1.29 is 9.13 Å². The van der Waals surface area contributed by atoms with Crippen molar-refractivity contribution in [3.05, 3.63) is 34.1 Å². The maximum atomic E-state index is 14.2. The molecular formula is C22H33FN4O2. The number of methoxy groups -OCH3 is 1. The molecule has 1 aliphatic heterocycles. The van der Waals surface area contributed by atoms with Crippen LogP contribution in [0.25, 0.3) is 10.9 Å². The Hall–Kier alpha value is -1.99. The fraction of sp³-hybridized carbons (Fsp3) is 0.636. The highest BCUT2D eigenvalue weighted by atomic mass is 19.1. The fourth-order valence-electron chi connectivity index (χ4n) is 4.32. The van der Waals surface area contributed by atoms with E-state index in [-0.39, 0.29) is 17.4 Å². The Morgan fingerprint density at radius 1 is 1.14 bits per heavy atom. The Labute approximate surface area is 172 Å². The first-order valence-corrected chi connectivity index (χ1v) is 10.8. The third-order valence-electron chi connectivity index (χ3n) is 5.94. The minimum atomic E-state index is -0.536. The number of halogens is 1. The Morgan fingerprint density at radius 3 is 2.59 bits per heavy atom. The first kappa shape index (κ1) is 21.7. The van der Waals surface area contributed by atoms with E-state index in [0.29, 0.717) is 17.4 Å². The van der Waals surface area contributed by atoms with E-state index in [1.165, 1.54) is 13.2 Å². The molecule has 0 unspecified atom stereocenters. The Morgan fingerprint density at radius 2 is 1.93 bits per heavy atom. The van der Waals surface area contributed by atoms with Gasteiger partial charge in [0.15, 0.2) is 11.6 Å². The van der Waals surface area contributed by atoms with Crippen LogP contribution < -0.4 is 10.3 Å². The van der Waals surface area contributed by atoms with E-state index < -0.39 is 5.82 Å². The molecule has 1 atom stereocenters. The van der Waals surface area contributed by atoms with Crippen LogP contribution in [0.15, 0.2) is 16.9 Å². The molecule has 0 bridgehead atoms. The topological polar surface area (TPSA) is 50.6 Å². The summed E-state index contributed by atoms with van der Waals surface area (Å²) in [4.78, 5) is 23.0. The highest BCUT2D eigenvalue weighted by Crippen LogP contribution is 2.28. The SMILES string of the molecule is CCC[C@H](c1nc2cc(OC)c(F)cc2c(=O)n1CC)N1CCCN(CC)CC1. The van der Waals surface area contributed by atoms with E-state index in [2.05, 4.69) is 23.6 Å². The van der Waals surface area contributed by atoms with Gasteiger partial charge in [0.2, 0.25) is 0 Å². The zero-order chi connectivity index (χ0) is 21.0. The van der Waals surface area contributed by atoms with Gasteiger partial charge in [-0.05, 0) is 38.9 Å². The molecule has 1 aliphatic rings. The molecule has 7 heteroatoms. The molecule has 1 aromatic carbocycles. The van der Waals surface area contributed by atoms with Crippen LogP contribution in [0.3, 0.4) is 0 Å². The van der Waals surface area contributed by atoms with Crippen molar-refractivity contribution in [1.82, 2.24) is 19.4 Å². The largest absolute Gasteiger partial charge is 0.494 e. The lowest BCUT2D eigenvalue weighted by Crippen LogP contribution is -2.37. The standard InChI is InChI=1S/C22H33FN4O2/c1-5-9-19(26-11-8-10-25(6-2)12-13-26)21-24-18-15-20(29-4)17(23)14-16(18)22(28)27(21)7-3/h14-15,19H,5-13H2,1-4H3/t19-/m1/s1. The van der Waals surface area contributed by atoms with E-state index in [1.807, 2.05) is 6.92 Å². The monoisotopic (exact) mass is 404 g/mol. The second-order valence-electron chi connectivity index (χ2n) is 7.65. The molecule has 2 aromatic rings. The average molecular weight is 405 g/mol. The first-order valence-electron chi connectivity index (χ1n) is 10.8. The molecule has 0 spiro atoms. The highest BCUT2D eigenvalue weighted by Gasteiger charge is 2.27. The van der Waals surface area contributed by atoms with Crippen LogP contribution in [0.4, 0.5) is 4.39 Å². The molecule has 1 fully saturated rings. The third-order valence-corrected chi connectivity index (χ3v) is 5.94. The molecule has 1 aromatic heterocycles. The fourth-order valence-corrected chi connectivity index (χ4v) is 4.32. The molecule has 0 radical (unpaired) electrons. The zero-order valence-corrected chi connectivity index (χ0v) is 18.1. The summed E-state index contributed by atoms with van der Waals surface area (Å²) < 4.78 is 21.0. The maximum absolute atomic E-state index is 14.2. The minimum Gasteiger partial charge on any atom is -0.494 e. The van der Waals surface area contributed by atoms with Gasteiger partial charge in [0.05, 0.1) is 24.1 Å². The van der Waals surface area contributed by atoms with Gasteiger partial charge in [-0.1, -0.05) is 20.3 Å². The molecular weight excluding hydrogens is 371 g/mol. The molecule has 6 nitrogen and oxygen atoms in total. The number of likely N-dealkylation sites (N-methyl/N-ethyl adjacent to an activating group) is 1. The third kappa shape index (κ3) is 4.46. The van der Waals surface area contributed by atoms with E-state index in [4.69, 9.17) is 9.72 Å². The van der Waals surface area contributed by atoms with Crippen LogP contribution in [-0.4, -0.2) is 59.2 Å². The number of nitrogens with zero attached hydrogens (tertiary/aromatic N) is 4. The molecule has 0 saturated carbocycles. The Balaban J connectivity index is 2.10. The van der Waals surface area contributed by atoms with Crippen molar-refractivity contribution in [2.45, 2.75) is 52.6 Å². The molecule has 2 heterocycles. The van der Waals surface area contributed by atoms with Crippen molar-refractivity contribution >= 4 is 10.9 Å². The van der Waals surface area contributed by atoms with Gasteiger partial charge in [0, 0.05) is 32.2 Å². The van der Waals surface area contributed by atoms with E-state index in [1.54, 1.807) is 10.6 Å². The van der Waals surface area contributed by atoms with Crippen LogP contribution in [0.1, 0.15) is 51.9 Å². The van der Waals surface area contributed by atoms with Crippen LogP contribution in [0, 0.1) is 5.82 Å². The summed E-state index contributed by atoms with van der Waals surface area (Å²) in [5.74, 6) is 0.363. The number of hydrogen-bond acceptors (Lipinski definition) is 5. The molecule has 160 valence electrons. The molecule has 3 rings (SSSR count).